The first-order valence-electron chi connectivity index (χ1n) is 7.07. The summed E-state index contributed by atoms with van der Waals surface area (Å²) in [6.45, 7) is 2.06. The molecule has 0 unspecified atom stereocenters. The van der Waals surface area contributed by atoms with Crippen LogP contribution in [0.15, 0.2) is 40.9 Å². The number of hydrazone groups is 1. The van der Waals surface area contributed by atoms with Gasteiger partial charge in [-0.2, -0.15) is 5.10 Å². The number of anilines is 1. The minimum Gasteiger partial charge on any atom is -0.493 e. The minimum atomic E-state index is 0.671. The highest BCUT2D eigenvalue weighted by molar-refractivity contribution is 7.17. The average molecular weight is 327 g/mol. The van der Waals surface area contributed by atoms with E-state index in [4.69, 9.17) is 9.47 Å². The van der Waals surface area contributed by atoms with Crippen LogP contribution in [0, 0.1) is 6.92 Å². The molecule has 2 heterocycles. The number of hydrogen-bond donors (Lipinski definition) is 1. The molecule has 0 fully saturated rings. The molecule has 23 heavy (non-hydrogen) atoms. The van der Waals surface area contributed by atoms with Gasteiger partial charge in [0, 0.05) is 16.3 Å². The Bertz CT molecular complexity index is 858. The predicted octanol–water partition coefficient (Wildman–Crippen LogP) is 4.07. The molecule has 0 radical (unpaired) electrons. The Morgan fingerprint density at radius 3 is 2.78 bits per heavy atom. The Morgan fingerprint density at radius 2 is 2.00 bits per heavy atom. The zero-order chi connectivity index (χ0) is 16.2. The molecule has 0 amide bonds. The molecular weight excluding hydrogens is 310 g/mol. The summed E-state index contributed by atoms with van der Waals surface area (Å²) in [5.41, 5.74) is 5.09. The number of hydrogen-bond acceptors (Lipinski definition) is 6. The highest BCUT2D eigenvalue weighted by Crippen LogP contribution is 2.29. The van der Waals surface area contributed by atoms with E-state index in [0.717, 1.165) is 16.8 Å². The van der Waals surface area contributed by atoms with Crippen LogP contribution in [0.5, 0.6) is 11.5 Å². The van der Waals surface area contributed by atoms with Gasteiger partial charge >= 0.3 is 0 Å². The predicted molar refractivity (Wildman–Crippen MR) is 95.1 cm³/mol. The zero-order valence-corrected chi connectivity index (χ0v) is 14.0. The highest BCUT2D eigenvalue weighted by atomic mass is 32.1. The van der Waals surface area contributed by atoms with Gasteiger partial charge in [-0.3, -0.25) is 5.43 Å². The number of nitrogens with one attached hydrogen (secondary N) is 1. The Morgan fingerprint density at radius 1 is 1.17 bits per heavy atom. The number of pyridine rings is 1. The van der Waals surface area contributed by atoms with Crippen LogP contribution in [-0.4, -0.2) is 25.4 Å². The standard InChI is InChI=1S/C17H17N3O2S/c1-11-9-18-17(13-6-7-23-16(11)13)20-19-10-12-4-5-14(21-2)15(8-12)22-3/h4-10H,1-3H3,(H,18,20). The first-order valence-corrected chi connectivity index (χ1v) is 7.95. The molecular formula is C17H17N3O2S. The lowest BCUT2D eigenvalue weighted by Crippen LogP contribution is -1.96. The van der Waals surface area contributed by atoms with Crippen molar-refractivity contribution in [2.45, 2.75) is 6.92 Å². The number of rotatable bonds is 5. The van der Waals surface area contributed by atoms with E-state index in [9.17, 15) is 0 Å². The monoisotopic (exact) mass is 327 g/mol. The van der Waals surface area contributed by atoms with Gasteiger partial charge in [0.2, 0.25) is 0 Å². The number of nitrogens with zero attached hydrogens (tertiary/aromatic N) is 2. The third-order valence-electron chi connectivity index (χ3n) is 3.46. The molecule has 0 bridgehead atoms. The van der Waals surface area contributed by atoms with Crippen LogP contribution in [0.3, 0.4) is 0 Å². The average Bonchev–Trinajstić information content (AvgIpc) is 3.07. The van der Waals surface area contributed by atoms with E-state index < -0.39 is 0 Å². The van der Waals surface area contributed by atoms with E-state index in [-0.39, 0.29) is 0 Å². The number of ether oxygens (including phenoxy) is 2. The van der Waals surface area contributed by atoms with Gasteiger partial charge < -0.3 is 9.47 Å². The van der Waals surface area contributed by atoms with Gasteiger partial charge in [0.1, 0.15) is 0 Å². The number of methoxy groups -OCH3 is 2. The Kier molecular flexibility index (Phi) is 4.43. The quantitative estimate of drug-likeness (QED) is 0.567. The maximum Gasteiger partial charge on any atom is 0.161 e. The van der Waals surface area contributed by atoms with Crippen molar-refractivity contribution < 1.29 is 9.47 Å². The molecule has 1 aromatic carbocycles. The summed E-state index contributed by atoms with van der Waals surface area (Å²) >= 11 is 1.70. The van der Waals surface area contributed by atoms with E-state index in [0.29, 0.717) is 11.5 Å². The van der Waals surface area contributed by atoms with Gasteiger partial charge in [-0.1, -0.05) is 0 Å². The lowest BCUT2D eigenvalue weighted by Gasteiger charge is -2.07. The van der Waals surface area contributed by atoms with Crippen LogP contribution in [0.1, 0.15) is 11.1 Å². The van der Waals surface area contributed by atoms with E-state index in [1.54, 1.807) is 31.8 Å². The van der Waals surface area contributed by atoms with Crippen molar-refractivity contribution >= 4 is 33.5 Å². The van der Waals surface area contributed by atoms with Gasteiger partial charge in [-0.25, -0.2) is 4.98 Å². The van der Waals surface area contributed by atoms with Crippen LogP contribution >= 0.6 is 11.3 Å². The number of benzene rings is 1. The maximum atomic E-state index is 5.28. The summed E-state index contributed by atoms with van der Waals surface area (Å²) in [6.07, 6.45) is 3.58. The number of aryl methyl sites for hydroxylation is 1. The van der Waals surface area contributed by atoms with Crippen molar-refractivity contribution in [2.75, 3.05) is 19.6 Å². The van der Waals surface area contributed by atoms with Gasteiger partial charge in [0.15, 0.2) is 17.3 Å². The smallest absolute Gasteiger partial charge is 0.161 e. The second-order valence-corrected chi connectivity index (χ2v) is 5.85. The SMILES string of the molecule is COc1ccc(C=NNc2ncc(C)c3sccc23)cc1OC. The number of aromatic nitrogens is 1. The second kappa shape index (κ2) is 6.66. The van der Waals surface area contributed by atoms with Crippen LogP contribution in [0.4, 0.5) is 5.82 Å². The van der Waals surface area contributed by atoms with E-state index >= 15 is 0 Å². The third kappa shape index (κ3) is 3.12. The van der Waals surface area contributed by atoms with Crippen LogP contribution in [0.2, 0.25) is 0 Å². The molecule has 5 nitrogen and oxygen atoms in total. The van der Waals surface area contributed by atoms with E-state index in [1.165, 1.54) is 10.3 Å². The molecule has 1 N–H and O–H groups in total. The molecule has 3 rings (SSSR count). The topological polar surface area (TPSA) is 55.7 Å². The van der Waals surface area contributed by atoms with Crippen molar-refractivity contribution in [2.24, 2.45) is 5.10 Å². The van der Waals surface area contributed by atoms with Crippen molar-refractivity contribution in [3.8, 4) is 11.5 Å². The summed E-state index contributed by atoms with van der Waals surface area (Å²) in [7, 11) is 3.23. The zero-order valence-electron chi connectivity index (χ0n) is 13.2. The molecule has 0 saturated carbocycles. The van der Waals surface area contributed by atoms with Crippen molar-refractivity contribution in [3.05, 3.63) is 47.0 Å². The molecule has 0 aliphatic carbocycles. The maximum absolute atomic E-state index is 5.28. The first-order chi connectivity index (χ1) is 11.2. The van der Waals surface area contributed by atoms with E-state index in [2.05, 4.69) is 27.8 Å². The molecule has 0 saturated heterocycles. The third-order valence-corrected chi connectivity index (χ3v) is 4.51. The molecule has 0 spiro atoms. The Balaban J connectivity index is 1.81. The van der Waals surface area contributed by atoms with Crippen LogP contribution in [0.25, 0.3) is 10.1 Å². The fourth-order valence-electron chi connectivity index (χ4n) is 2.28. The van der Waals surface area contributed by atoms with E-state index in [1.807, 2.05) is 30.5 Å². The summed E-state index contributed by atoms with van der Waals surface area (Å²) < 4.78 is 11.7. The fraction of sp³-hybridized carbons (Fsp3) is 0.176. The first kappa shape index (κ1) is 15.3. The molecule has 6 heteroatoms. The van der Waals surface area contributed by atoms with Crippen molar-refractivity contribution in [3.63, 3.8) is 0 Å². The summed E-state index contributed by atoms with van der Waals surface area (Å²) in [4.78, 5) is 4.41. The Hall–Kier alpha value is -2.60. The van der Waals surface area contributed by atoms with Crippen LogP contribution in [-0.2, 0) is 0 Å². The van der Waals surface area contributed by atoms with Gasteiger partial charge in [-0.05, 0) is 47.7 Å². The van der Waals surface area contributed by atoms with Gasteiger partial charge in [-0.15, -0.1) is 11.3 Å². The molecule has 0 atom stereocenters. The largest absolute Gasteiger partial charge is 0.493 e. The van der Waals surface area contributed by atoms with Gasteiger partial charge in [0.05, 0.1) is 20.4 Å². The van der Waals surface area contributed by atoms with Crippen molar-refractivity contribution in [1.82, 2.24) is 4.98 Å². The second-order valence-electron chi connectivity index (χ2n) is 4.94. The fourth-order valence-corrected chi connectivity index (χ4v) is 3.15. The lowest BCUT2D eigenvalue weighted by molar-refractivity contribution is 0.355. The lowest BCUT2D eigenvalue weighted by atomic mass is 10.2. The molecule has 0 aliphatic rings. The summed E-state index contributed by atoms with van der Waals surface area (Å²) in [6, 6.07) is 7.68. The van der Waals surface area contributed by atoms with Crippen molar-refractivity contribution in [1.29, 1.82) is 0 Å². The summed E-state index contributed by atoms with van der Waals surface area (Å²) in [5.74, 6) is 2.12. The Labute approximate surface area is 138 Å². The molecule has 2 aromatic heterocycles. The summed E-state index contributed by atoms with van der Waals surface area (Å²) in [5, 5.41) is 7.41. The molecule has 118 valence electrons. The normalized spacial score (nSPS) is 11.1. The number of thiophene rings is 1. The minimum absolute atomic E-state index is 0.671. The molecule has 0 aliphatic heterocycles. The number of fused-ring (bicyclic) bond motifs is 1. The van der Waals surface area contributed by atoms with Crippen LogP contribution < -0.4 is 14.9 Å². The van der Waals surface area contributed by atoms with Gasteiger partial charge in [0.25, 0.3) is 0 Å². The molecule has 3 aromatic rings. The highest BCUT2D eigenvalue weighted by Gasteiger charge is 2.06.